The molecule has 1 atom stereocenters. The number of para-hydroxylation sites is 2. The molecule has 0 amide bonds. The Labute approximate surface area is 167 Å². The number of aliphatic imine (C=N–C) groups is 1. The van der Waals surface area contributed by atoms with E-state index in [1.165, 1.54) is 12.1 Å². The van der Waals surface area contributed by atoms with Crippen LogP contribution in [0.5, 0.6) is 0 Å². The van der Waals surface area contributed by atoms with Crippen molar-refractivity contribution < 1.29 is 14.3 Å². The summed E-state index contributed by atoms with van der Waals surface area (Å²) >= 11 is 0. The topological polar surface area (TPSA) is 61.7 Å². The highest BCUT2D eigenvalue weighted by Crippen LogP contribution is 2.39. The molecule has 0 aromatic heterocycles. The van der Waals surface area contributed by atoms with Gasteiger partial charge in [-0.3, -0.25) is 9.79 Å². The monoisotopic (exact) mass is 384 g/mol. The van der Waals surface area contributed by atoms with Crippen LogP contribution in [0.15, 0.2) is 83.4 Å². The van der Waals surface area contributed by atoms with Gasteiger partial charge in [0.1, 0.15) is 11.6 Å². The lowest BCUT2D eigenvalue weighted by Crippen LogP contribution is -2.17. The first-order chi connectivity index (χ1) is 14.1. The summed E-state index contributed by atoms with van der Waals surface area (Å²) in [4.78, 5) is 17.8. The minimum absolute atomic E-state index is 0.0402. The summed E-state index contributed by atoms with van der Waals surface area (Å²) in [6.45, 7) is 0. The van der Waals surface area contributed by atoms with Crippen molar-refractivity contribution in [2.24, 2.45) is 4.99 Å². The van der Waals surface area contributed by atoms with Gasteiger partial charge in [-0.25, -0.2) is 4.39 Å². The quantitative estimate of drug-likeness (QED) is 0.603. The highest BCUT2D eigenvalue weighted by molar-refractivity contribution is 6.36. The Morgan fingerprint density at radius 2 is 1.62 bits per heavy atom. The molecule has 1 aliphatic carbocycles. The van der Waals surface area contributed by atoms with Crippen LogP contribution in [0.2, 0.25) is 0 Å². The number of hydrogen-bond donors (Lipinski definition) is 2. The molecular formula is C24H17FN2O2. The van der Waals surface area contributed by atoms with E-state index in [0.29, 0.717) is 28.9 Å². The summed E-state index contributed by atoms with van der Waals surface area (Å²) in [6, 6.07) is 20.6. The Kier molecular flexibility index (Phi) is 4.02. The fourth-order valence-corrected chi connectivity index (χ4v) is 3.90. The van der Waals surface area contributed by atoms with Crippen molar-refractivity contribution in [1.82, 2.24) is 0 Å². The van der Waals surface area contributed by atoms with Crippen molar-refractivity contribution in [2.45, 2.75) is 12.5 Å². The molecule has 0 spiro atoms. The van der Waals surface area contributed by atoms with Crippen molar-refractivity contribution in [3.8, 4) is 0 Å². The second-order valence-corrected chi connectivity index (χ2v) is 7.13. The first-order valence-electron chi connectivity index (χ1n) is 9.38. The van der Waals surface area contributed by atoms with Crippen molar-refractivity contribution in [1.29, 1.82) is 0 Å². The van der Waals surface area contributed by atoms with E-state index in [9.17, 15) is 14.3 Å². The van der Waals surface area contributed by atoms with Gasteiger partial charge in [-0.05, 0) is 29.8 Å². The largest absolute Gasteiger partial charge is 0.506 e. The maximum Gasteiger partial charge on any atom is 0.199 e. The van der Waals surface area contributed by atoms with Crippen molar-refractivity contribution in [3.05, 3.63) is 101 Å². The van der Waals surface area contributed by atoms with E-state index < -0.39 is 0 Å². The number of aliphatic hydroxyl groups is 1. The minimum atomic E-state index is -0.307. The number of halogens is 1. The van der Waals surface area contributed by atoms with Gasteiger partial charge >= 0.3 is 0 Å². The second kappa shape index (κ2) is 6.71. The number of hydrogen-bond acceptors (Lipinski definition) is 4. The molecule has 142 valence electrons. The van der Waals surface area contributed by atoms with Crippen LogP contribution in [0.4, 0.5) is 15.8 Å². The van der Waals surface area contributed by atoms with Crippen LogP contribution < -0.4 is 5.32 Å². The van der Waals surface area contributed by atoms with Gasteiger partial charge in [0, 0.05) is 17.5 Å². The summed E-state index contributed by atoms with van der Waals surface area (Å²) in [5, 5.41) is 14.3. The van der Waals surface area contributed by atoms with Gasteiger partial charge in [0.25, 0.3) is 0 Å². The maximum absolute atomic E-state index is 13.4. The number of ketones is 1. The average Bonchev–Trinajstić information content (AvgIpc) is 2.88. The molecule has 1 heterocycles. The van der Waals surface area contributed by atoms with E-state index in [2.05, 4.69) is 5.32 Å². The van der Waals surface area contributed by atoms with E-state index in [1.807, 2.05) is 24.3 Å². The SMILES string of the molecule is O=C1C(C2=Nc3ccccc3N[C@@H](c3ccc(F)cc3)C2)=C(O)c2ccccc21. The lowest BCUT2D eigenvalue weighted by molar-refractivity contribution is 0.104. The molecule has 1 aliphatic heterocycles. The summed E-state index contributed by atoms with van der Waals surface area (Å²) < 4.78 is 13.4. The predicted molar refractivity (Wildman–Crippen MR) is 111 cm³/mol. The molecular weight excluding hydrogens is 367 g/mol. The number of rotatable bonds is 2. The van der Waals surface area contributed by atoms with Gasteiger partial charge in [-0.1, -0.05) is 48.5 Å². The van der Waals surface area contributed by atoms with E-state index >= 15 is 0 Å². The van der Waals surface area contributed by atoms with Gasteiger partial charge in [0.15, 0.2) is 5.78 Å². The molecule has 0 saturated heterocycles. The molecule has 4 nitrogen and oxygen atoms in total. The van der Waals surface area contributed by atoms with Crippen LogP contribution in [-0.4, -0.2) is 16.6 Å². The molecule has 2 aliphatic rings. The Balaban J connectivity index is 1.64. The van der Waals surface area contributed by atoms with Gasteiger partial charge in [-0.15, -0.1) is 0 Å². The normalized spacial score (nSPS) is 17.9. The summed E-state index contributed by atoms with van der Waals surface area (Å²) in [5.74, 6) is -0.575. The number of nitrogens with zero attached hydrogens (tertiary/aromatic N) is 1. The molecule has 5 rings (SSSR count). The fraction of sp³-hybridized carbons (Fsp3) is 0.0833. The molecule has 0 unspecified atom stereocenters. The first kappa shape index (κ1) is 17.4. The first-order valence-corrected chi connectivity index (χ1v) is 9.38. The molecule has 0 saturated carbocycles. The Hall–Kier alpha value is -3.73. The molecule has 3 aromatic carbocycles. The molecule has 0 fully saturated rings. The van der Waals surface area contributed by atoms with Gasteiger partial charge in [0.05, 0.1) is 28.7 Å². The third-order valence-electron chi connectivity index (χ3n) is 5.34. The Morgan fingerprint density at radius 3 is 2.38 bits per heavy atom. The van der Waals surface area contributed by atoms with E-state index in [4.69, 9.17) is 4.99 Å². The summed E-state index contributed by atoms with van der Waals surface area (Å²) in [5.41, 5.74) is 4.13. The molecule has 5 heteroatoms. The van der Waals surface area contributed by atoms with Gasteiger partial charge < -0.3 is 10.4 Å². The molecule has 29 heavy (non-hydrogen) atoms. The lowest BCUT2D eigenvalue weighted by Gasteiger charge is -2.19. The zero-order valence-corrected chi connectivity index (χ0v) is 15.4. The van der Waals surface area contributed by atoms with Crippen molar-refractivity contribution >= 4 is 28.6 Å². The predicted octanol–water partition coefficient (Wildman–Crippen LogP) is 5.62. The maximum atomic E-state index is 13.4. The minimum Gasteiger partial charge on any atom is -0.506 e. The fourth-order valence-electron chi connectivity index (χ4n) is 3.90. The number of carbonyl (C=O) groups excluding carboxylic acids is 1. The zero-order chi connectivity index (χ0) is 20.0. The van der Waals surface area contributed by atoms with E-state index in [1.54, 1.807) is 36.4 Å². The van der Waals surface area contributed by atoms with Crippen LogP contribution in [0.3, 0.4) is 0 Å². The zero-order valence-electron chi connectivity index (χ0n) is 15.4. The molecule has 3 aromatic rings. The third-order valence-corrected chi connectivity index (χ3v) is 5.34. The lowest BCUT2D eigenvalue weighted by atomic mass is 9.95. The number of carbonyl (C=O) groups is 1. The molecule has 0 bridgehead atoms. The number of benzene rings is 3. The smallest absolute Gasteiger partial charge is 0.199 e. The van der Waals surface area contributed by atoms with Gasteiger partial charge in [-0.2, -0.15) is 0 Å². The molecule has 2 N–H and O–H groups in total. The highest BCUT2D eigenvalue weighted by atomic mass is 19.1. The van der Waals surface area contributed by atoms with Crippen molar-refractivity contribution in [3.63, 3.8) is 0 Å². The van der Waals surface area contributed by atoms with E-state index in [-0.39, 0.29) is 29.0 Å². The number of nitrogens with one attached hydrogen (secondary N) is 1. The standard InChI is InChI=1S/C24H17FN2O2/c25-15-11-9-14(10-12-15)20-13-21(27-19-8-4-3-7-18(19)26-20)22-23(28)16-5-1-2-6-17(16)24(22)29/h1-12,20,26,28H,13H2/t20-/m1/s1. The van der Waals surface area contributed by atoms with Crippen LogP contribution >= 0.6 is 0 Å². The number of aliphatic hydroxyl groups excluding tert-OH is 1. The van der Waals surface area contributed by atoms with Crippen molar-refractivity contribution in [2.75, 3.05) is 5.32 Å². The molecule has 0 radical (unpaired) electrons. The number of allylic oxidation sites excluding steroid dienone is 1. The number of Topliss-reactive ketones (excluding diaryl/α,β-unsaturated/α-hetero) is 1. The van der Waals surface area contributed by atoms with Crippen LogP contribution in [-0.2, 0) is 0 Å². The Bertz CT molecular complexity index is 1200. The van der Waals surface area contributed by atoms with E-state index in [0.717, 1.165) is 11.3 Å². The second-order valence-electron chi connectivity index (χ2n) is 7.13. The summed E-state index contributed by atoms with van der Waals surface area (Å²) in [7, 11) is 0. The Morgan fingerprint density at radius 1 is 0.931 bits per heavy atom. The average molecular weight is 384 g/mol. The van der Waals surface area contributed by atoms with Crippen LogP contribution in [0, 0.1) is 5.82 Å². The van der Waals surface area contributed by atoms with Crippen LogP contribution in [0.1, 0.15) is 33.9 Å². The number of anilines is 1. The summed E-state index contributed by atoms with van der Waals surface area (Å²) in [6.07, 6.45) is 0.374. The number of fused-ring (bicyclic) bond motifs is 2. The highest BCUT2D eigenvalue weighted by Gasteiger charge is 2.34. The van der Waals surface area contributed by atoms with Gasteiger partial charge in [0.2, 0.25) is 0 Å². The third kappa shape index (κ3) is 2.91. The van der Waals surface area contributed by atoms with Crippen LogP contribution in [0.25, 0.3) is 5.76 Å².